The van der Waals surface area contributed by atoms with Gasteiger partial charge in [-0.15, -0.1) is 11.3 Å². The largest absolute Gasteiger partial charge is 0.356 e. The van der Waals surface area contributed by atoms with Crippen molar-refractivity contribution in [2.24, 2.45) is 5.92 Å². The van der Waals surface area contributed by atoms with Crippen molar-refractivity contribution >= 4 is 39.4 Å². The Kier molecular flexibility index (Phi) is 6.26. The van der Waals surface area contributed by atoms with Crippen LogP contribution >= 0.6 is 11.3 Å². The molecule has 1 saturated heterocycles. The van der Waals surface area contributed by atoms with Gasteiger partial charge >= 0.3 is 0 Å². The van der Waals surface area contributed by atoms with E-state index in [-0.39, 0.29) is 35.4 Å². The van der Waals surface area contributed by atoms with Gasteiger partial charge in [0.1, 0.15) is 10.5 Å². The van der Waals surface area contributed by atoms with E-state index in [0.29, 0.717) is 42.0 Å². The van der Waals surface area contributed by atoms with E-state index in [0.717, 1.165) is 11.2 Å². The van der Waals surface area contributed by atoms with Crippen molar-refractivity contribution in [3.8, 4) is 0 Å². The molecule has 0 bridgehead atoms. The fourth-order valence-electron chi connectivity index (χ4n) is 3.71. The molecule has 0 aliphatic carbocycles. The second-order valence-corrected chi connectivity index (χ2v) is 8.92. The second-order valence-electron chi connectivity index (χ2n) is 7.72. The van der Waals surface area contributed by atoms with Crippen LogP contribution in [0.4, 0.5) is 10.3 Å². The van der Waals surface area contributed by atoms with E-state index in [9.17, 15) is 14.0 Å². The maximum absolute atomic E-state index is 13.5. The van der Waals surface area contributed by atoms with E-state index in [1.54, 1.807) is 11.1 Å². The number of fused-ring (bicyclic) bond motifs is 1. The highest BCUT2D eigenvalue weighted by atomic mass is 32.1. The Morgan fingerprint density at radius 1 is 1.31 bits per heavy atom. The number of carbonyl (C=O) groups is 2. The van der Waals surface area contributed by atoms with Crippen molar-refractivity contribution in [1.29, 1.82) is 0 Å². The summed E-state index contributed by atoms with van der Waals surface area (Å²) >= 11 is 1.36. The first-order chi connectivity index (χ1) is 15.4. The molecule has 32 heavy (non-hydrogen) atoms. The number of aryl methyl sites for hydroxylation is 1. The maximum Gasteiger partial charge on any atom is 0.274 e. The quantitative estimate of drug-likeness (QED) is 0.585. The monoisotopic (exact) mass is 457 g/mol. The summed E-state index contributed by atoms with van der Waals surface area (Å²) in [7, 11) is 0. The summed E-state index contributed by atoms with van der Waals surface area (Å²) in [5.41, 5.74) is 1.31. The number of rotatable bonds is 6. The van der Waals surface area contributed by atoms with Crippen molar-refractivity contribution in [3.05, 3.63) is 40.5 Å². The molecule has 4 rings (SSSR count). The molecular weight excluding hydrogens is 433 g/mol. The van der Waals surface area contributed by atoms with Crippen LogP contribution in [0.2, 0.25) is 0 Å². The number of hydrogen-bond donors (Lipinski definition) is 2. The van der Waals surface area contributed by atoms with Gasteiger partial charge in [-0.3, -0.25) is 14.6 Å². The lowest BCUT2D eigenvalue weighted by molar-refractivity contribution is -0.124. The van der Waals surface area contributed by atoms with Crippen LogP contribution in [0.15, 0.2) is 18.5 Å². The fraction of sp³-hybridized carbons (Fsp3) is 0.429. The Morgan fingerprint density at radius 3 is 2.88 bits per heavy atom. The molecule has 3 aromatic rings. The van der Waals surface area contributed by atoms with Gasteiger partial charge in [0.15, 0.2) is 11.3 Å². The lowest BCUT2D eigenvalue weighted by Crippen LogP contribution is -2.34. The molecule has 168 valence electrons. The molecule has 2 N–H and O–H groups in total. The number of thiazole rings is 1. The summed E-state index contributed by atoms with van der Waals surface area (Å²) < 4.78 is 14.2. The molecule has 0 saturated carbocycles. The minimum Gasteiger partial charge on any atom is -0.356 e. The number of pyridine rings is 1. The number of hydrogen-bond acceptors (Lipinski definition) is 8. The summed E-state index contributed by atoms with van der Waals surface area (Å²) in [6.07, 6.45) is 3.31. The van der Waals surface area contributed by atoms with Crippen LogP contribution in [0.25, 0.3) is 10.3 Å². The van der Waals surface area contributed by atoms with Gasteiger partial charge in [-0.1, -0.05) is 0 Å². The van der Waals surface area contributed by atoms with E-state index in [1.165, 1.54) is 17.4 Å². The number of amides is 2. The number of aromatic nitrogens is 4. The Morgan fingerprint density at radius 2 is 2.12 bits per heavy atom. The zero-order valence-electron chi connectivity index (χ0n) is 18.1. The van der Waals surface area contributed by atoms with Crippen LogP contribution in [-0.4, -0.2) is 56.3 Å². The zero-order valence-corrected chi connectivity index (χ0v) is 18.9. The number of carbonyl (C=O) groups excluding carboxylic acids is 2. The fourth-order valence-corrected chi connectivity index (χ4v) is 4.55. The van der Waals surface area contributed by atoms with Crippen LogP contribution in [0.3, 0.4) is 0 Å². The first-order valence-corrected chi connectivity index (χ1v) is 11.3. The molecule has 1 aliphatic rings. The average Bonchev–Trinajstić information content (AvgIpc) is 3.39. The molecule has 2 unspecified atom stereocenters. The molecule has 2 atom stereocenters. The summed E-state index contributed by atoms with van der Waals surface area (Å²) in [5, 5.41) is 6.70. The van der Waals surface area contributed by atoms with Gasteiger partial charge in [-0.05, 0) is 38.8 Å². The number of nitrogens with one attached hydrogen (secondary N) is 2. The van der Waals surface area contributed by atoms with E-state index >= 15 is 0 Å². The van der Waals surface area contributed by atoms with E-state index in [4.69, 9.17) is 0 Å². The highest BCUT2D eigenvalue weighted by Crippen LogP contribution is 2.28. The van der Waals surface area contributed by atoms with Crippen molar-refractivity contribution < 1.29 is 14.0 Å². The standard InChI is InChI=1S/C21H24FN7O2S/c1-4-24-19(30)13-5-6-29(10-13)20(31)16-17-18(26-12(3)32-17)28-21(27-16)25-11(2)14-7-15(22)9-23-8-14/h7-9,11,13H,4-6,10H2,1-3H3,(H,24,30)(H,25,27,28). The second kappa shape index (κ2) is 9.11. The average molecular weight is 458 g/mol. The molecule has 2 amide bonds. The normalized spacial score (nSPS) is 16.9. The van der Waals surface area contributed by atoms with Gasteiger partial charge < -0.3 is 15.5 Å². The lowest BCUT2D eigenvalue weighted by atomic mass is 10.1. The summed E-state index contributed by atoms with van der Waals surface area (Å²) in [6, 6.07) is 1.04. The molecule has 0 spiro atoms. The van der Waals surface area contributed by atoms with Crippen molar-refractivity contribution in [1.82, 2.24) is 30.2 Å². The van der Waals surface area contributed by atoms with Gasteiger partial charge in [-0.2, -0.15) is 4.98 Å². The van der Waals surface area contributed by atoms with E-state index in [2.05, 4.69) is 30.6 Å². The van der Waals surface area contributed by atoms with Gasteiger partial charge in [-0.25, -0.2) is 14.4 Å². The Bertz CT molecular complexity index is 1170. The predicted molar refractivity (Wildman–Crippen MR) is 119 cm³/mol. The van der Waals surface area contributed by atoms with Gasteiger partial charge in [0.2, 0.25) is 11.9 Å². The number of nitrogens with zero attached hydrogens (tertiary/aromatic N) is 5. The highest BCUT2D eigenvalue weighted by Gasteiger charge is 2.33. The summed E-state index contributed by atoms with van der Waals surface area (Å²) in [6.45, 7) is 6.93. The van der Waals surface area contributed by atoms with Crippen LogP contribution in [0.5, 0.6) is 0 Å². The van der Waals surface area contributed by atoms with Crippen molar-refractivity contribution in [3.63, 3.8) is 0 Å². The minimum absolute atomic E-state index is 0.0378. The molecule has 3 aromatic heterocycles. The summed E-state index contributed by atoms with van der Waals surface area (Å²) in [5.74, 6) is -0.728. The third kappa shape index (κ3) is 4.52. The molecule has 1 aliphatic heterocycles. The first kappa shape index (κ1) is 22.0. The Balaban J connectivity index is 1.61. The highest BCUT2D eigenvalue weighted by molar-refractivity contribution is 7.18. The molecule has 11 heteroatoms. The third-order valence-corrected chi connectivity index (χ3v) is 6.30. The molecular formula is C21H24FN7O2S. The van der Waals surface area contributed by atoms with Crippen molar-refractivity contribution in [2.75, 3.05) is 25.0 Å². The number of halogens is 1. The lowest BCUT2D eigenvalue weighted by Gasteiger charge is -2.18. The van der Waals surface area contributed by atoms with Gasteiger partial charge in [0, 0.05) is 25.8 Å². The van der Waals surface area contributed by atoms with E-state index in [1.807, 2.05) is 20.8 Å². The first-order valence-electron chi connectivity index (χ1n) is 10.4. The molecule has 0 aromatic carbocycles. The molecule has 0 radical (unpaired) electrons. The van der Waals surface area contributed by atoms with Crippen LogP contribution in [-0.2, 0) is 4.79 Å². The van der Waals surface area contributed by atoms with Crippen LogP contribution < -0.4 is 10.6 Å². The van der Waals surface area contributed by atoms with Gasteiger partial charge in [0.25, 0.3) is 5.91 Å². The number of anilines is 1. The SMILES string of the molecule is CCNC(=O)C1CCN(C(=O)c2nc(NC(C)c3cncc(F)c3)nc3nc(C)sc23)C1. The van der Waals surface area contributed by atoms with Crippen molar-refractivity contribution in [2.45, 2.75) is 33.2 Å². The Labute approximate surface area is 188 Å². The van der Waals surface area contributed by atoms with Crippen LogP contribution in [0, 0.1) is 18.7 Å². The molecule has 9 nitrogen and oxygen atoms in total. The van der Waals surface area contributed by atoms with Gasteiger partial charge in [0.05, 0.1) is 23.2 Å². The molecule has 1 fully saturated rings. The minimum atomic E-state index is -0.436. The zero-order chi connectivity index (χ0) is 22.8. The smallest absolute Gasteiger partial charge is 0.274 e. The maximum atomic E-state index is 13.5. The van der Waals surface area contributed by atoms with Crippen LogP contribution in [0.1, 0.15) is 47.4 Å². The predicted octanol–water partition coefficient (Wildman–Crippen LogP) is 2.70. The topological polar surface area (TPSA) is 113 Å². The number of likely N-dealkylation sites (tertiary alicyclic amines) is 1. The third-order valence-electron chi connectivity index (χ3n) is 5.33. The molecule has 4 heterocycles. The van der Waals surface area contributed by atoms with E-state index < -0.39 is 5.82 Å². The Hall–Kier alpha value is -3.21. The summed E-state index contributed by atoms with van der Waals surface area (Å²) in [4.78, 5) is 44.4.